The highest BCUT2D eigenvalue weighted by Gasteiger charge is 2.26. The fourth-order valence-corrected chi connectivity index (χ4v) is 2.96. The minimum absolute atomic E-state index is 0.0233. The molecule has 1 aliphatic rings. The predicted molar refractivity (Wildman–Crippen MR) is 95.2 cm³/mol. The standard InChI is InChI=1S/C19H18ClFN2O2/c1-13-4-9-16(11-17(13)20)23(12-22-10-2-3-18(22)24)19(25)14-5-7-15(21)8-6-14/h4-9,11H,2-3,10,12H2,1H3. The van der Waals surface area contributed by atoms with E-state index in [0.717, 1.165) is 12.0 Å². The molecule has 3 rings (SSSR count). The van der Waals surface area contributed by atoms with Gasteiger partial charge in [0.1, 0.15) is 12.5 Å². The molecule has 0 aliphatic carbocycles. The zero-order chi connectivity index (χ0) is 18.0. The molecule has 2 amide bonds. The number of likely N-dealkylation sites (tertiary alicyclic amines) is 1. The second-order valence-corrected chi connectivity index (χ2v) is 6.48. The summed E-state index contributed by atoms with van der Waals surface area (Å²) in [4.78, 5) is 28.1. The van der Waals surface area contributed by atoms with Crippen LogP contribution in [-0.4, -0.2) is 29.9 Å². The number of benzene rings is 2. The Morgan fingerprint density at radius 3 is 2.56 bits per heavy atom. The first-order chi connectivity index (χ1) is 12.0. The molecule has 1 aliphatic heterocycles. The second-order valence-electron chi connectivity index (χ2n) is 6.08. The SMILES string of the molecule is Cc1ccc(N(CN2CCCC2=O)C(=O)c2ccc(F)cc2)cc1Cl. The molecule has 0 N–H and O–H groups in total. The Bertz CT molecular complexity index is 808. The highest BCUT2D eigenvalue weighted by molar-refractivity contribution is 6.31. The van der Waals surface area contributed by atoms with Crippen molar-refractivity contribution in [2.24, 2.45) is 0 Å². The molecule has 6 heteroatoms. The van der Waals surface area contributed by atoms with E-state index in [1.54, 1.807) is 17.0 Å². The number of halogens is 2. The number of aryl methyl sites for hydroxylation is 1. The van der Waals surface area contributed by atoms with Gasteiger partial charge >= 0.3 is 0 Å². The van der Waals surface area contributed by atoms with Crippen molar-refractivity contribution in [3.63, 3.8) is 0 Å². The number of amides is 2. The summed E-state index contributed by atoms with van der Waals surface area (Å²) in [5, 5.41) is 0.544. The zero-order valence-corrected chi connectivity index (χ0v) is 14.6. The van der Waals surface area contributed by atoms with Crippen LogP contribution < -0.4 is 4.90 Å². The van der Waals surface area contributed by atoms with Gasteiger partial charge in [0.05, 0.1) is 0 Å². The molecule has 0 radical (unpaired) electrons. The topological polar surface area (TPSA) is 40.6 Å². The normalized spacial score (nSPS) is 14.0. The quantitative estimate of drug-likeness (QED) is 0.826. The fraction of sp³-hybridized carbons (Fsp3) is 0.263. The van der Waals surface area contributed by atoms with Crippen LogP contribution in [0.2, 0.25) is 5.02 Å². The maximum atomic E-state index is 13.2. The van der Waals surface area contributed by atoms with Gasteiger partial charge in [-0.05, 0) is 55.3 Å². The highest BCUT2D eigenvalue weighted by atomic mass is 35.5. The molecule has 130 valence electrons. The third-order valence-electron chi connectivity index (χ3n) is 4.29. The third kappa shape index (κ3) is 3.82. The highest BCUT2D eigenvalue weighted by Crippen LogP contribution is 2.26. The Hall–Kier alpha value is -2.40. The van der Waals surface area contributed by atoms with Crippen molar-refractivity contribution in [1.82, 2.24) is 4.90 Å². The molecule has 1 heterocycles. The lowest BCUT2D eigenvalue weighted by molar-refractivity contribution is -0.127. The van der Waals surface area contributed by atoms with Crippen LogP contribution in [0.5, 0.6) is 0 Å². The van der Waals surface area contributed by atoms with Crippen molar-refractivity contribution in [1.29, 1.82) is 0 Å². The van der Waals surface area contributed by atoms with E-state index in [0.29, 0.717) is 29.2 Å². The minimum atomic E-state index is -0.406. The lowest BCUT2D eigenvalue weighted by atomic mass is 10.1. The molecule has 0 atom stereocenters. The molecule has 25 heavy (non-hydrogen) atoms. The van der Waals surface area contributed by atoms with Crippen molar-refractivity contribution in [2.45, 2.75) is 19.8 Å². The molecule has 0 aromatic heterocycles. The predicted octanol–water partition coefficient (Wildman–Crippen LogP) is 4.01. The Morgan fingerprint density at radius 2 is 1.96 bits per heavy atom. The summed E-state index contributed by atoms with van der Waals surface area (Å²) in [7, 11) is 0. The van der Waals surface area contributed by atoms with Crippen molar-refractivity contribution in [2.75, 3.05) is 18.1 Å². The van der Waals surface area contributed by atoms with Crippen LogP contribution in [0.4, 0.5) is 10.1 Å². The minimum Gasteiger partial charge on any atom is -0.324 e. The van der Waals surface area contributed by atoms with E-state index in [1.165, 1.54) is 29.2 Å². The van der Waals surface area contributed by atoms with Crippen molar-refractivity contribution >= 4 is 29.1 Å². The molecule has 0 unspecified atom stereocenters. The number of carbonyl (C=O) groups excluding carboxylic acids is 2. The Labute approximate surface area is 150 Å². The van der Waals surface area contributed by atoms with Gasteiger partial charge in [0.2, 0.25) is 5.91 Å². The summed E-state index contributed by atoms with van der Waals surface area (Å²) in [6, 6.07) is 10.7. The molecular weight excluding hydrogens is 343 g/mol. The van der Waals surface area contributed by atoms with E-state index in [9.17, 15) is 14.0 Å². The van der Waals surface area contributed by atoms with Gasteiger partial charge in [-0.3, -0.25) is 14.5 Å². The number of nitrogens with zero attached hydrogens (tertiary/aromatic N) is 2. The van der Waals surface area contributed by atoms with Gasteiger partial charge in [-0.25, -0.2) is 4.39 Å². The maximum Gasteiger partial charge on any atom is 0.259 e. The van der Waals surface area contributed by atoms with E-state index in [-0.39, 0.29) is 18.5 Å². The molecule has 2 aromatic rings. The largest absolute Gasteiger partial charge is 0.324 e. The first kappa shape index (κ1) is 17.4. The van der Waals surface area contributed by atoms with Gasteiger partial charge in [-0.1, -0.05) is 17.7 Å². The Balaban J connectivity index is 1.95. The van der Waals surface area contributed by atoms with E-state index in [1.807, 2.05) is 13.0 Å². The summed E-state index contributed by atoms with van der Waals surface area (Å²) >= 11 is 6.21. The first-order valence-electron chi connectivity index (χ1n) is 8.07. The van der Waals surface area contributed by atoms with Gasteiger partial charge in [-0.2, -0.15) is 0 Å². The number of carbonyl (C=O) groups is 2. The van der Waals surface area contributed by atoms with Crippen molar-refractivity contribution in [3.8, 4) is 0 Å². The molecule has 1 fully saturated rings. The smallest absolute Gasteiger partial charge is 0.259 e. The molecule has 0 bridgehead atoms. The van der Waals surface area contributed by atoms with Gasteiger partial charge in [0.25, 0.3) is 5.91 Å². The van der Waals surface area contributed by atoms with Gasteiger partial charge in [0, 0.05) is 29.2 Å². The summed E-state index contributed by atoms with van der Waals surface area (Å²) in [6.07, 6.45) is 1.28. The molecule has 1 saturated heterocycles. The van der Waals surface area contributed by atoms with E-state index in [2.05, 4.69) is 0 Å². The Morgan fingerprint density at radius 1 is 1.24 bits per heavy atom. The summed E-state index contributed by atoms with van der Waals surface area (Å²) in [6.45, 7) is 2.64. The van der Waals surface area contributed by atoms with Gasteiger partial charge in [0.15, 0.2) is 0 Å². The molecular formula is C19H18ClFN2O2. The van der Waals surface area contributed by atoms with Crippen LogP contribution in [0.1, 0.15) is 28.8 Å². The van der Waals surface area contributed by atoms with E-state index < -0.39 is 5.82 Å². The Kier molecular flexibility index (Phi) is 5.04. The van der Waals surface area contributed by atoms with Crippen LogP contribution in [0.25, 0.3) is 0 Å². The van der Waals surface area contributed by atoms with Crippen LogP contribution in [0, 0.1) is 12.7 Å². The monoisotopic (exact) mass is 360 g/mol. The number of rotatable bonds is 4. The zero-order valence-electron chi connectivity index (χ0n) is 13.8. The third-order valence-corrected chi connectivity index (χ3v) is 4.69. The van der Waals surface area contributed by atoms with Gasteiger partial charge in [-0.15, -0.1) is 0 Å². The summed E-state index contributed by atoms with van der Waals surface area (Å²) in [5.74, 6) is -0.689. The number of hydrogen-bond donors (Lipinski definition) is 0. The average molecular weight is 361 g/mol. The summed E-state index contributed by atoms with van der Waals surface area (Å²) in [5.41, 5.74) is 1.85. The molecule has 0 saturated carbocycles. The van der Waals surface area contributed by atoms with Crippen LogP contribution >= 0.6 is 11.6 Å². The average Bonchev–Trinajstić information content (AvgIpc) is 3.00. The number of hydrogen-bond acceptors (Lipinski definition) is 2. The lowest BCUT2D eigenvalue weighted by Gasteiger charge is -2.28. The van der Waals surface area contributed by atoms with Crippen molar-refractivity contribution < 1.29 is 14.0 Å². The summed E-state index contributed by atoms with van der Waals surface area (Å²) < 4.78 is 13.2. The first-order valence-corrected chi connectivity index (χ1v) is 8.45. The van der Waals surface area contributed by atoms with Gasteiger partial charge < -0.3 is 4.90 Å². The van der Waals surface area contributed by atoms with Crippen LogP contribution in [0.3, 0.4) is 0 Å². The molecule has 2 aromatic carbocycles. The maximum absolute atomic E-state index is 13.2. The lowest BCUT2D eigenvalue weighted by Crippen LogP contribution is -2.42. The second kappa shape index (κ2) is 7.23. The fourth-order valence-electron chi connectivity index (χ4n) is 2.79. The molecule has 0 spiro atoms. The van der Waals surface area contributed by atoms with Crippen molar-refractivity contribution in [3.05, 3.63) is 64.4 Å². The molecule has 4 nitrogen and oxygen atoms in total. The van der Waals surface area contributed by atoms with E-state index in [4.69, 9.17) is 11.6 Å². The van der Waals surface area contributed by atoms with E-state index >= 15 is 0 Å². The van der Waals surface area contributed by atoms with Crippen LogP contribution in [-0.2, 0) is 4.79 Å². The van der Waals surface area contributed by atoms with Crippen LogP contribution in [0.15, 0.2) is 42.5 Å². The number of anilines is 1.